The van der Waals surface area contributed by atoms with Crippen molar-refractivity contribution in [2.75, 3.05) is 6.61 Å². The quantitative estimate of drug-likeness (QED) is 0.319. The normalized spacial score (nSPS) is 39.4. The number of esters is 1. The fourth-order valence-electron chi connectivity index (χ4n) is 0.969. The molecule has 56 valence electrons. The van der Waals surface area contributed by atoms with Gasteiger partial charge in [0, 0.05) is 0 Å². The van der Waals surface area contributed by atoms with Crippen LogP contribution < -0.4 is 5.73 Å². The van der Waals surface area contributed by atoms with Gasteiger partial charge in [-0.2, -0.15) is 0 Å². The molecule has 0 aliphatic carbocycles. The predicted molar refractivity (Wildman–Crippen MR) is 39.2 cm³/mol. The number of hydrogen-bond acceptors (Lipinski definition) is 2. The van der Waals surface area contributed by atoms with Crippen molar-refractivity contribution in [2.24, 2.45) is 11.7 Å². The summed E-state index contributed by atoms with van der Waals surface area (Å²) in [4.78, 5) is 9.08. The van der Waals surface area contributed by atoms with E-state index in [0.717, 1.165) is 0 Å². The molecule has 1 fully saturated rings. The second-order valence-electron chi connectivity index (χ2n) is 2.74. The van der Waals surface area contributed by atoms with Gasteiger partial charge in [0.2, 0.25) is 0 Å². The molecule has 0 bridgehead atoms. The summed E-state index contributed by atoms with van der Waals surface area (Å²) >= 11 is 0. The average molecular weight is 142 g/mol. The van der Waals surface area contributed by atoms with Crippen LogP contribution in [0.1, 0.15) is 6.92 Å². The smallest absolute Gasteiger partial charge is 0.338 e. The summed E-state index contributed by atoms with van der Waals surface area (Å²) in [5, 5.41) is 0. The van der Waals surface area contributed by atoms with Gasteiger partial charge in [-0.25, -0.2) is 0 Å². The summed E-state index contributed by atoms with van der Waals surface area (Å²) in [6, 6.07) is 0. The Kier molecular flexibility index (Phi) is 1.52. The van der Waals surface area contributed by atoms with Crippen molar-refractivity contribution in [3.63, 3.8) is 0 Å². The predicted octanol–water partition coefficient (Wildman–Crippen LogP) is 0.0386. The van der Waals surface area contributed by atoms with Gasteiger partial charge < -0.3 is 15.3 Å². The summed E-state index contributed by atoms with van der Waals surface area (Å²) in [6.07, 6.45) is 1.70. The minimum atomic E-state index is -0.748. The molecule has 1 rings (SSSR count). The van der Waals surface area contributed by atoms with Crippen molar-refractivity contribution in [2.45, 2.75) is 12.5 Å². The molecule has 1 aliphatic rings. The van der Waals surface area contributed by atoms with Crippen LogP contribution in [0.25, 0.3) is 0 Å². The maximum Gasteiger partial charge on any atom is 0.504 e. The van der Waals surface area contributed by atoms with E-state index >= 15 is 0 Å². The van der Waals surface area contributed by atoms with Gasteiger partial charge in [0.05, 0.1) is 5.92 Å². The maximum absolute atomic E-state index is 9.08. The molecule has 0 radical (unpaired) electrons. The molecule has 0 amide bonds. The van der Waals surface area contributed by atoms with E-state index in [0.29, 0.717) is 6.61 Å². The van der Waals surface area contributed by atoms with Gasteiger partial charge in [-0.05, 0) is 6.92 Å². The first-order valence-corrected chi connectivity index (χ1v) is 3.19. The van der Waals surface area contributed by atoms with Crippen molar-refractivity contribution in [3.8, 4) is 0 Å². The molecule has 10 heavy (non-hydrogen) atoms. The maximum atomic E-state index is 9.08. The standard InChI is InChI=1S/C7H11NO2/c1-3-5-4-10-6(9)7(5,2)8/h3,5H,1,4,8H2,2H3/p+1. The number of carbonyl (C=O) groups excluding carboxylic acids is 1. The zero-order valence-corrected chi connectivity index (χ0v) is 6.00. The molecule has 0 spiro atoms. The first-order chi connectivity index (χ1) is 4.59. The van der Waals surface area contributed by atoms with E-state index in [2.05, 4.69) is 6.58 Å². The van der Waals surface area contributed by atoms with E-state index in [4.69, 9.17) is 15.3 Å². The lowest BCUT2D eigenvalue weighted by atomic mass is 9.90. The number of rotatable bonds is 1. The summed E-state index contributed by atoms with van der Waals surface area (Å²) in [5.74, 6) is -0.0649. The molecule has 2 unspecified atom stereocenters. The molecule has 1 heterocycles. The molecule has 0 saturated carbocycles. The zero-order valence-electron chi connectivity index (χ0n) is 6.00. The highest BCUT2D eigenvalue weighted by molar-refractivity contribution is 5.83. The molecule has 0 aromatic rings. The number of nitrogens with two attached hydrogens (primary N) is 1. The van der Waals surface area contributed by atoms with Gasteiger partial charge in [0.25, 0.3) is 0 Å². The average Bonchev–Trinajstić information content (AvgIpc) is 2.10. The van der Waals surface area contributed by atoms with Gasteiger partial charge >= 0.3 is 5.97 Å². The number of ether oxygens (including phenoxy) is 1. The number of hydrogen-bond donors (Lipinski definition) is 1. The lowest BCUT2D eigenvalue weighted by molar-refractivity contribution is 0.295. The largest absolute Gasteiger partial charge is 0.504 e. The second-order valence-corrected chi connectivity index (χ2v) is 2.74. The molecule has 2 atom stereocenters. The first-order valence-electron chi connectivity index (χ1n) is 3.19. The van der Waals surface area contributed by atoms with Crippen LogP contribution in [0.3, 0.4) is 0 Å². The number of cyclic esters (lactones) is 1. The molecule has 3 nitrogen and oxygen atoms in total. The third-order valence-corrected chi connectivity index (χ3v) is 1.92. The van der Waals surface area contributed by atoms with Crippen LogP contribution in [0.5, 0.6) is 0 Å². The van der Waals surface area contributed by atoms with Crippen LogP contribution in [-0.4, -0.2) is 22.9 Å². The fraction of sp³-hybridized carbons (Fsp3) is 0.571. The lowest BCUT2D eigenvalue weighted by Crippen LogP contribution is -2.46. The molecular formula is C7H12NO2+. The minimum Gasteiger partial charge on any atom is -0.338 e. The Hall–Kier alpha value is -0.830. The van der Waals surface area contributed by atoms with Gasteiger partial charge in [-0.3, -0.25) is 0 Å². The van der Waals surface area contributed by atoms with Crippen LogP contribution in [-0.2, 0) is 4.74 Å². The van der Waals surface area contributed by atoms with E-state index in [1.54, 1.807) is 13.0 Å². The minimum absolute atomic E-state index is 0.0208. The van der Waals surface area contributed by atoms with Gasteiger partial charge in [0.15, 0.2) is 12.1 Å². The third-order valence-electron chi connectivity index (χ3n) is 1.92. The Bertz CT molecular complexity index is 174. The van der Waals surface area contributed by atoms with Crippen LogP contribution >= 0.6 is 0 Å². The van der Waals surface area contributed by atoms with E-state index in [1.807, 2.05) is 0 Å². The topological polar surface area (TPSA) is 56.6 Å². The molecule has 3 heteroatoms. The molecule has 1 saturated heterocycles. The van der Waals surface area contributed by atoms with Crippen molar-refractivity contribution >= 4 is 5.97 Å². The Balaban J connectivity index is 2.83. The van der Waals surface area contributed by atoms with Crippen LogP contribution in [0, 0.1) is 5.92 Å². The van der Waals surface area contributed by atoms with E-state index in [1.165, 1.54) is 0 Å². The van der Waals surface area contributed by atoms with Crippen molar-refractivity contribution in [1.29, 1.82) is 0 Å². The van der Waals surface area contributed by atoms with Crippen LogP contribution in [0.2, 0.25) is 0 Å². The zero-order chi connectivity index (χ0) is 7.78. The highest BCUT2D eigenvalue weighted by Gasteiger charge is 2.51. The molecule has 0 aromatic carbocycles. The van der Waals surface area contributed by atoms with E-state index < -0.39 is 5.54 Å². The summed E-state index contributed by atoms with van der Waals surface area (Å²) in [6.45, 7) is 5.75. The molecule has 1 aliphatic heterocycles. The van der Waals surface area contributed by atoms with Gasteiger partial charge in [-0.15, -0.1) is 6.58 Å². The van der Waals surface area contributed by atoms with Gasteiger partial charge in [0.1, 0.15) is 0 Å². The van der Waals surface area contributed by atoms with Crippen molar-refractivity contribution in [1.82, 2.24) is 0 Å². The highest BCUT2D eigenvalue weighted by atomic mass is 16.5. The SMILES string of the molecule is C=CC1COC(=[OH+])C1(C)N. The highest BCUT2D eigenvalue weighted by Crippen LogP contribution is 2.24. The second kappa shape index (κ2) is 2.09. The Morgan fingerprint density at radius 3 is 2.80 bits per heavy atom. The fourth-order valence-corrected chi connectivity index (χ4v) is 0.969. The summed E-state index contributed by atoms with van der Waals surface area (Å²) in [5.41, 5.74) is 4.94. The van der Waals surface area contributed by atoms with Gasteiger partial charge in [-0.1, -0.05) is 6.08 Å². The van der Waals surface area contributed by atoms with Crippen LogP contribution in [0.15, 0.2) is 12.7 Å². The Labute approximate surface area is 59.8 Å². The lowest BCUT2D eigenvalue weighted by Gasteiger charge is -2.12. The first kappa shape index (κ1) is 7.28. The molecule has 3 N–H and O–H groups in total. The third kappa shape index (κ3) is 0.827. The molecule has 0 aromatic heterocycles. The summed E-state index contributed by atoms with van der Waals surface area (Å²) < 4.78 is 4.85. The van der Waals surface area contributed by atoms with E-state index in [9.17, 15) is 0 Å². The van der Waals surface area contributed by atoms with E-state index in [-0.39, 0.29) is 11.9 Å². The molecular weight excluding hydrogens is 130 g/mol. The monoisotopic (exact) mass is 142 g/mol. The summed E-state index contributed by atoms with van der Waals surface area (Å²) in [7, 11) is 0. The Morgan fingerprint density at radius 1 is 2.00 bits per heavy atom. The van der Waals surface area contributed by atoms with Crippen LogP contribution in [0.4, 0.5) is 0 Å². The van der Waals surface area contributed by atoms with Crippen molar-refractivity contribution < 1.29 is 9.53 Å². The Morgan fingerprint density at radius 2 is 2.60 bits per heavy atom. The van der Waals surface area contributed by atoms with Crippen molar-refractivity contribution in [3.05, 3.63) is 12.7 Å².